The molecule has 0 radical (unpaired) electrons. The molecule has 1 aromatic rings. The van der Waals surface area contributed by atoms with Crippen molar-refractivity contribution in [3.8, 4) is 11.9 Å². The van der Waals surface area contributed by atoms with Gasteiger partial charge >= 0.3 is 0 Å². The second-order valence-electron chi connectivity index (χ2n) is 5.77. The van der Waals surface area contributed by atoms with E-state index < -0.39 is 0 Å². The molecule has 1 aliphatic heterocycles. The molecular formula is C17H24N4O. The molecule has 5 nitrogen and oxygen atoms in total. The zero-order valence-electron chi connectivity index (χ0n) is 13.2. The highest BCUT2D eigenvalue weighted by atomic mass is 16.5. The molecule has 0 bridgehead atoms. The normalized spacial score (nSPS) is 17.2. The largest absolute Gasteiger partial charge is 0.476 e. The number of nitrogens with two attached hydrogens (primary N) is 1. The number of rotatable bonds is 7. The minimum Gasteiger partial charge on any atom is -0.476 e. The van der Waals surface area contributed by atoms with Crippen molar-refractivity contribution >= 4 is 5.71 Å². The lowest BCUT2D eigenvalue weighted by Gasteiger charge is -2.17. The first-order valence-electron chi connectivity index (χ1n) is 7.83. The number of ether oxygens (including phenoxy) is 1. The van der Waals surface area contributed by atoms with Crippen LogP contribution in [0.2, 0.25) is 0 Å². The molecule has 1 aromatic carbocycles. The smallest absolute Gasteiger partial charge is 0.205 e. The lowest BCUT2D eigenvalue weighted by Crippen LogP contribution is -2.27. The van der Waals surface area contributed by atoms with Gasteiger partial charge in [-0.1, -0.05) is 12.1 Å². The van der Waals surface area contributed by atoms with Gasteiger partial charge in [0.1, 0.15) is 12.0 Å². The minimum atomic E-state index is -0.383. The number of nitrogens with zero attached hydrogens (tertiary/aromatic N) is 3. The van der Waals surface area contributed by atoms with Crippen LogP contribution in [0.25, 0.3) is 0 Å². The summed E-state index contributed by atoms with van der Waals surface area (Å²) in [5, 5.41) is 8.48. The molecular weight excluding hydrogens is 276 g/mol. The van der Waals surface area contributed by atoms with Gasteiger partial charge in [0, 0.05) is 18.7 Å². The first-order chi connectivity index (χ1) is 10.7. The molecule has 1 fully saturated rings. The fourth-order valence-corrected chi connectivity index (χ4v) is 2.64. The molecule has 1 unspecified atom stereocenters. The van der Waals surface area contributed by atoms with E-state index in [0.717, 1.165) is 18.0 Å². The molecule has 1 aliphatic rings. The summed E-state index contributed by atoms with van der Waals surface area (Å²) < 4.78 is 5.77. The van der Waals surface area contributed by atoms with E-state index in [-0.39, 0.29) is 6.23 Å². The highest BCUT2D eigenvalue weighted by molar-refractivity contribution is 5.82. The maximum absolute atomic E-state index is 8.48. The number of aliphatic imine (C=N–C) groups is 1. The van der Waals surface area contributed by atoms with Gasteiger partial charge in [-0.15, -0.1) is 0 Å². The van der Waals surface area contributed by atoms with Crippen LogP contribution < -0.4 is 10.5 Å². The van der Waals surface area contributed by atoms with E-state index in [1.165, 1.54) is 31.5 Å². The van der Waals surface area contributed by atoms with Crippen LogP contribution >= 0.6 is 0 Å². The Morgan fingerprint density at radius 1 is 1.45 bits per heavy atom. The van der Waals surface area contributed by atoms with Gasteiger partial charge in [0.05, 0.1) is 0 Å². The number of nitriles is 1. The third-order valence-electron chi connectivity index (χ3n) is 3.82. The van der Waals surface area contributed by atoms with Gasteiger partial charge in [0.25, 0.3) is 0 Å². The highest BCUT2D eigenvalue weighted by Crippen LogP contribution is 2.18. The zero-order chi connectivity index (χ0) is 15.8. The van der Waals surface area contributed by atoms with Crippen LogP contribution in [0, 0.1) is 11.5 Å². The molecule has 2 rings (SSSR count). The number of hydrogen-bond acceptors (Lipinski definition) is 5. The third kappa shape index (κ3) is 5.47. The summed E-state index contributed by atoms with van der Waals surface area (Å²) in [7, 11) is 0. The van der Waals surface area contributed by atoms with Crippen LogP contribution in [0.15, 0.2) is 29.3 Å². The quantitative estimate of drug-likeness (QED) is 0.477. The highest BCUT2D eigenvalue weighted by Gasteiger charge is 2.12. The van der Waals surface area contributed by atoms with Crippen molar-refractivity contribution in [2.75, 3.05) is 13.1 Å². The molecule has 1 saturated heterocycles. The first kappa shape index (κ1) is 16.5. The van der Waals surface area contributed by atoms with Gasteiger partial charge in [-0.2, -0.15) is 10.3 Å². The molecule has 0 spiro atoms. The Morgan fingerprint density at radius 2 is 2.23 bits per heavy atom. The molecule has 2 N–H and O–H groups in total. The average molecular weight is 300 g/mol. The van der Waals surface area contributed by atoms with Crippen molar-refractivity contribution in [3.05, 3.63) is 29.8 Å². The second kappa shape index (κ2) is 8.52. The predicted molar refractivity (Wildman–Crippen MR) is 87.5 cm³/mol. The maximum atomic E-state index is 8.48. The topological polar surface area (TPSA) is 74.6 Å². The summed E-state index contributed by atoms with van der Waals surface area (Å²) in [5.41, 5.74) is 8.03. The molecule has 1 heterocycles. The Labute approximate surface area is 132 Å². The molecule has 0 aliphatic carbocycles. The second-order valence-corrected chi connectivity index (χ2v) is 5.77. The van der Waals surface area contributed by atoms with Crippen molar-refractivity contribution in [2.24, 2.45) is 10.7 Å². The van der Waals surface area contributed by atoms with Gasteiger partial charge in [-0.25, -0.2) is 0 Å². The summed E-state index contributed by atoms with van der Waals surface area (Å²) >= 11 is 0. The van der Waals surface area contributed by atoms with Crippen LogP contribution in [-0.2, 0) is 6.54 Å². The molecule has 1 atom stereocenters. The van der Waals surface area contributed by atoms with E-state index in [0.29, 0.717) is 12.8 Å². The van der Waals surface area contributed by atoms with E-state index in [4.69, 9.17) is 15.7 Å². The molecule has 0 aromatic heterocycles. The van der Waals surface area contributed by atoms with E-state index in [9.17, 15) is 0 Å². The number of benzene rings is 1. The SMILES string of the molecule is CC(CCC(N)Oc1cccc(CN2CCCC2)c1)=NC#N. The molecule has 22 heavy (non-hydrogen) atoms. The Morgan fingerprint density at radius 3 is 2.95 bits per heavy atom. The van der Waals surface area contributed by atoms with Crippen LogP contribution in [0.3, 0.4) is 0 Å². The summed E-state index contributed by atoms with van der Waals surface area (Å²) in [6.45, 7) is 5.16. The minimum absolute atomic E-state index is 0.383. The zero-order valence-corrected chi connectivity index (χ0v) is 13.2. The summed E-state index contributed by atoms with van der Waals surface area (Å²) in [5.74, 6) is 0.805. The van der Waals surface area contributed by atoms with Gasteiger partial charge in [0.2, 0.25) is 6.19 Å². The van der Waals surface area contributed by atoms with Gasteiger partial charge in [0.15, 0.2) is 0 Å². The Hall–Kier alpha value is -1.90. The van der Waals surface area contributed by atoms with Crippen molar-refractivity contribution in [1.82, 2.24) is 4.90 Å². The van der Waals surface area contributed by atoms with Crippen LogP contribution in [0.5, 0.6) is 5.75 Å². The molecule has 118 valence electrons. The standard InChI is InChI=1S/C17H24N4O/c1-14(20-13-18)7-8-17(19)22-16-6-4-5-15(11-16)12-21-9-2-3-10-21/h4-6,11,17H,2-3,7-10,12,19H2,1H3. The Balaban J connectivity index is 1.84. The summed E-state index contributed by atoms with van der Waals surface area (Å²) in [4.78, 5) is 6.14. The van der Waals surface area contributed by atoms with Crippen molar-refractivity contribution < 1.29 is 4.74 Å². The van der Waals surface area contributed by atoms with Crippen molar-refractivity contribution in [2.45, 2.75) is 45.4 Å². The van der Waals surface area contributed by atoms with Crippen molar-refractivity contribution in [1.29, 1.82) is 5.26 Å². The third-order valence-corrected chi connectivity index (χ3v) is 3.82. The number of hydrogen-bond donors (Lipinski definition) is 1. The first-order valence-corrected chi connectivity index (χ1v) is 7.83. The van der Waals surface area contributed by atoms with E-state index in [2.05, 4.69) is 22.0 Å². The fourth-order valence-electron chi connectivity index (χ4n) is 2.64. The van der Waals surface area contributed by atoms with Gasteiger partial charge < -0.3 is 4.74 Å². The summed E-state index contributed by atoms with van der Waals surface area (Å²) in [6.07, 6.45) is 5.31. The summed E-state index contributed by atoms with van der Waals surface area (Å²) in [6, 6.07) is 8.13. The lowest BCUT2D eigenvalue weighted by atomic mass is 10.2. The monoisotopic (exact) mass is 300 g/mol. The van der Waals surface area contributed by atoms with Crippen LogP contribution in [0.1, 0.15) is 38.2 Å². The van der Waals surface area contributed by atoms with Crippen LogP contribution in [0.4, 0.5) is 0 Å². The van der Waals surface area contributed by atoms with Gasteiger partial charge in [-0.05, 0) is 57.0 Å². The van der Waals surface area contributed by atoms with Crippen LogP contribution in [-0.4, -0.2) is 29.9 Å². The molecule has 0 amide bonds. The van der Waals surface area contributed by atoms with E-state index in [1.807, 2.05) is 19.1 Å². The average Bonchev–Trinajstić information content (AvgIpc) is 2.99. The van der Waals surface area contributed by atoms with E-state index >= 15 is 0 Å². The predicted octanol–water partition coefficient (Wildman–Crippen LogP) is 2.67. The van der Waals surface area contributed by atoms with Crippen molar-refractivity contribution in [3.63, 3.8) is 0 Å². The van der Waals surface area contributed by atoms with E-state index in [1.54, 1.807) is 6.19 Å². The maximum Gasteiger partial charge on any atom is 0.205 e. The molecule has 5 heteroatoms. The Kier molecular flexibility index (Phi) is 6.38. The lowest BCUT2D eigenvalue weighted by molar-refractivity contribution is 0.201. The Bertz CT molecular complexity index is 544. The number of likely N-dealkylation sites (tertiary alicyclic amines) is 1. The fraction of sp³-hybridized carbons (Fsp3) is 0.529. The van der Waals surface area contributed by atoms with Gasteiger partial charge in [-0.3, -0.25) is 10.6 Å². The molecule has 0 saturated carbocycles.